The van der Waals surface area contributed by atoms with Gasteiger partial charge in [0.05, 0.1) is 16.1 Å². The molecule has 33 heteroatoms. The van der Waals surface area contributed by atoms with E-state index in [-0.39, 0.29) is 27.6 Å². The summed E-state index contributed by atoms with van der Waals surface area (Å²) < 4.78 is 39.5. The molecule has 123 heavy (non-hydrogen) atoms. The summed E-state index contributed by atoms with van der Waals surface area (Å²) in [6, 6.07) is 76.3. The van der Waals surface area contributed by atoms with Gasteiger partial charge in [-0.1, -0.05) is 319 Å². The number of nitrogens with two attached hydrogens (primary N) is 1. The van der Waals surface area contributed by atoms with E-state index in [1.165, 1.54) is 55.9 Å². The third-order valence-corrected chi connectivity index (χ3v) is 40.6. The number of benzene rings is 9. The van der Waals surface area contributed by atoms with E-state index < -0.39 is 92.9 Å². The van der Waals surface area contributed by atoms with Crippen LogP contribution in [0.4, 0.5) is 0 Å². The van der Waals surface area contributed by atoms with Gasteiger partial charge in [-0.3, -0.25) is 14.4 Å². The molecule has 0 heterocycles. The molecule has 9 aromatic rings. The summed E-state index contributed by atoms with van der Waals surface area (Å²) in [4.78, 5) is 28.1. The fourth-order valence-electron chi connectivity index (χ4n) is 9.95. The Morgan fingerprint density at radius 1 is 0.431 bits per heavy atom. The Bertz CT molecular complexity index is 4040. The van der Waals surface area contributed by atoms with E-state index in [9.17, 15) is 24.6 Å². The van der Waals surface area contributed by atoms with Crippen LogP contribution >= 0.6 is 97.5 Å². The Morgan fingerprint density at radius 3 is 0.967 bits per heavy atom. The number of hydrogen-bond acceptors (Lipinski definition) is 13. The van der Waals surface area contributed by atoms with Crippen molar-refractivity contribution < 1.29 is 70.0 Å². The summed E-state index contributed by atoms with van der Waals surface area (Å²) in [7, 11) is -10.8. The van der Waals surface area contributed by atoms with Crippen molar-refractivity contribution in [2.75, 3.05) is 19.8 Å². The lowest BCUT2D eigenvalue weighted by atomic mass is 9.97. The number of aromatic hydroxyl groups is 2. The maximum Gasteiger partial charge on any atom is 0.317 e. The minimum atomic E-state index is -2.11. The van der Waals surface area contributed by atoms with E-state index >= 15 is 0 Å². The first kappa shape index (κ1) is 122. The van der Waals surface area contributed by atoms with Crippen LogP contribution in [0.25, 0.3) is 29.4 Å². The van der Waals surface area contributed by atoms with Crippen molar-refractivity contribution in [1.82, 2.24) is 0 Å². The van der Waals surface area contributed by atoms with Crippen LogP contribution in [0.5, 0.6) is 23.0 Å². The molecular formula is C90H134Br4Cl3NO15Si10. The Balaban J connectivity index is -0.00000130. The summed E-state index contributed by atoms with van der Waals surface area (Å²) in [5, 5.41) is 48.2. The number of phenols is 2. The van der Waals surface area contributed by atoms with Crippen LogP contribution in [0.2, 0.25) is 118 Å². The third-order valence-electron chi connectivity index (χ3n) is 14.1. The maximum atomic E-state index is 9.43. The summed E-state index contributed by atoms with van der Waals surface area (Å²) in [6.07, 6.45) is 4.66. The van der Waals surface area contributed by atoms with Crippen molar-refractivity contribution in [2.45, 2.75) is 151 Å². The first-order chi connectivity index (χ1) is 57.8. The van der Waals surface area contributed by atoms with Gasteiger partial charge in [0.1, 0.15) is 42.6 Å². The van der Waals surface area contributed by atoms with Crippen molar-refractivity contribution in [3.05, 3.63) is 295 Å². The summed E-state index contributed by atoms with van der Waals surface area (Å²) in [5.41, 5.74) is 17.1. The second-order valence-electron chi connectivity index (χ2n) is 29.2. The van der Waals surface area contributed by atoms with Gasteiger partial charge in [-0.05, 0) is 185 Å². The smallest absolute Gasteiger partial charge is 0.317 e. The third kappa shape index (κ3) is 72.2. The molecule has 7 N–H and O–H groups in total. The van der Waals surface area contributed by atoms with Gasteiger partial charge in [-0.25, -0.2) is 0 Å². The quantitative estimate of drug-likeness (QED) is 0.00839. The fourth-order valence-corrected chi connectivity index (χ4v) is 40.7. The lowest BCUT2D eigenvalue weighted by Gasteiger charge is -2.33. The van der Waals surface area contributed by atoms with Crippen LogP contribution in [0.1, 0.15) is 50.9 Å². The van der Waals surface area contributed by atoms with E-state index in [1.54, 1.807) is 36.4 Å². The molecule has 9 aromatic carbocycles. The lowest BCUT2D eigenvalue weighted by molar-refractivity contribution is -0.147. The molecule has 0 aliphatic rings. The van der Waals surface area contributed by atoms with Crippen LogP contribution in [0, 0.1) is 0 Å². The van der Waals surface area contributed by atoms with E-state index in [0.717, 1.165) is 43.6 Å². The first-order valence-corrected chi connectivity index (χ1v) is 73.9. The predicted molar refractivity (Wildman–Crippen MR) is 569 cm³/mol. The number of ether oxygens (including phenoxy) is 2. The predicted octanol–water partition coefficient (Wildman–Crippen LogP) is 23.1. The molecule has 0 fully saturated rings. The number of aliphatic carboxylic acids is 3. The number of alkyl halides is 5. The summed E-state index contributed by atoms with van der Waals surface area (Å²) in [5.74, 6) is -1.49. The molecule has 0 spiro atoms. The summed E-state index contributed by atoms with van der Waals surface area (Å²) >= 11 is 31.6. The van der Waals surface area contributed by atoms with Gasteiger partial charge >= 0.3 is 35.0 Å². The topological polar surface area (TPSA) is 243 Å². The van der Waals surface area contributed by atoms with Gasteiger partial charge in [0, 0.05) is 48.9 Å². The van der Waals surface area contributed by atoms with E-state index in [1.807, 2.05) is 106 Å². The van der Waals surface area contributed by atoms with Crippen LogP contribution in [0.15, 0.2) is 250 Å². The molecule has 0 aromatic heterocycles. The van der Waals surface area contributed by atoms with Gasteiger partial charge in [-0.15, -0.1) is 33.8 Å². The van der Waals surface area contributed by atoms with E-state index in [2.05, 4.69) is 301 Å². The summed E-state index contributed by atoms with van der Waals surface area (Å²) in [6.45, 7) is 49.6. The number of hydrogen-bond donors (Lipinski definition) is 6. The highest BCUT2D eigenvalue weighted by atomic mass is 79.9. The minimum Gasteiger partial charge on any atom is -0.508 e. The number of halogens is 7. The molecule has 0 unspecified atom stereocenters. The van der Waals surface area contributed by atoms with Crippen LogP contribution in [-0.2, 0) is 62.2 Å². The average Bonchev–Trinajstić information content (AvgIpc) is 0.825. The zero-order chi connectivity index (χ0) is 94.0. The van der Waals surface area contributed by atoms with Crippen molar-refractivity contribution >= 4 is 232 Å². The minimum absolute atomic E-state index is 0.168. The molecule has 0 atom stereocenters. The van der Waals surface area contributed by atoms with Crippen LogP contribution in [-0.4, -0.2) is 151 Å². The maximum absolute atomic E-state index is 9.43. The standard InChI is InChI=1S/C14H12Br2.C14H14O4.C12H12Si.C10H10.C9H9Cl.C8H8Br2.C6H18Cl2O2Si3.C6H20O2Si3.C4H14OSi2.C3H4O4.C2H5NO2.C2H8Si/c15-9-11-5-1-3-7-13(11)14-8-4-2-6-12(14)10-16;15-11-3-1-5-13(9-11)17-7-8-18-14-6-2-4-12(16)10-14;1-3-7-11(8-4-1)13-12-9-5-2-6-10-12;1-3-9-5-7-10(4-2)8-6-9;1-2-8-3-5-9(7-10)6-4-8;9-5-7-1-2-8(6-10)4-3-7;1-11(2,7)9-13(5,6)10-12(3,4)8;1-9(2)7-11(5,6)8-10(3)4;1-6(2)5-7(3)4;4-2(5)1-3(6)7;3-1-2(4)5;1-3-2/h1-8H,9-10H2;1-6,9-10,15-16H,7-8H2;1-10H,13H2;3-8H,1-2H2;2-6H,1,7H2;1-4H,5-6H2;1-6H3;9-10H,1-6H3;6-7H,1-4H3;1H2,(H,4,5)(H,6,7);1,3H2,(H,4,5);3H2,1-2H3. The van der Waals surface area contributed by atoms with Gasteiger partial charge in [0.25, 0.3) is 15.3 Å². The molecule has 0 radical (unpaired) electrons. The SMILES string of the molecule is BrCc1ccc(CBr)cc1.BrCc1ccccc1-c1ccccc1CBr.C=Cc1ccc(C=C)cc1.C=Cc1ccc(CCl)cc1.C[SiH2]C.C[SiH](C)O[SiH](C)C.C[SiH](C)O[Si](C)(C)O[SiH](C)C.C[Si](C)(Cl)O[Si](C)(C)O[Si](C)(C)Cl.NCC(=O)O.O=C(O)CC(=O)O.Oc1cccc(OCCOc2cccc(O)c2)c1.c1ccc([SiH2]c2ccccc2)cc1. The zero-order valence-electron chi connectivity index (χ0n) is 74.9. The fraction of sp³-hybridized carbons (Fsp3) is 0.300. The zero-order valence-corrected chi connectivity index (χ0v) is 95.0. The van der Waals surface area contributed by atoms with Gasteiger partial charge < -0.3 is 61.3 Å². The molecule has 9 rings (SSSR count). The normalized spacial score (nSPS) is 10.4. The Labute approximate surface area is 799 Å². The van der Waals surface area contributed by atoms with Crippen LogP contribution in [0.3, 0.4) is 0 Å². The van der Waals surface area contributed by atoms with Crippen LogP contribution < -0.4 is 25.6 Å². The van der Waals surface area contributed by atoms with Crippen molar-refractivity contribution in [2.24, 2.45) is 5.73 Å². The second-order valence-corrected chi connectivity index (χ2v) is 64.6. The Kier molecular flexibility index (Phi) is 71.7. The molecule has 678 valence electrons. The number of carboxylic acids is 3. The van der Waals surface area contributed by atoms with Gasteiger partial charge in [-0.2, -0.15) is 0 Å². The molecule has 0 saturated heterocycles. The monoisotopic (exact) mass is 2170 g/mol. The highest BCUT2D eigenvalue weighted by Crippen LogP contribution is 2.30. The largest absolute Gasteiger partial charge is 0.508 e. The van der Waals surface area contributed by atoms with Crippen molar-refractivity contribution in [3.63, 3.8) is 0 Å². The van der Waals surface area contributed by atoms with Crippen molar-refractivity contribution in [3.8, 4) is 34.1 Å². The van der Waals surface area contributed by atoms with Crippen molar-refractivity contribution in [1.29, 1.82) is 0 Å². The Morgan fingerprint density at radius 2 is 0.732 bits per heavy atom. The molecule has 0 amide bonds. The van der Waals surface area contributed by atoms with E-state index in [4.69, 9.17) is 79.1 Å². The highest BCUT2D eigenvalue weighted by molar-refractivity contribution is 9.09. The molecule has 0 saturated carbocycles. The highest BCUT2D eigenvalue weighted by Gasteiger charge is 2.38. The average molecular weight is 2180 g/mol. The van der Waals surface area contributed by atoms with Gasteiger partial charge in [0.2, 0.25) is 0 Å². The lowest BCUT2D eigenvalue weighted by Crippen LogP contribution is -2.48. The molecule has 16 nitrogen and oxygen atoms in total. The molecule has 0 aliphatic heterocycles. The number of rotatable bonds is 29. The van der Waals surface area contributed by atoms with E-state index in [0.29, 0.717) is 40.1 Å². The Hall–Kier alpha value is -5.47. The number of phenolic OH excluding ortho intramolecular Hbond substituents is 2. The molecule has 0 bridgehead atoms. The number of carboxylic acid groups (broad SMARTS) is 3. The van der Waals surface area contributed by atoms with Gasteiger partial charge in [0.15, 0.2) is 36.2 Å². The number of carbonyl (C=O) groups is 3. The second kappa shape index (κ2) is 72.4. The first-order valence-electron chi connectivity index (χ1n) is 40.0. The molecular weight excluding hydrogens is 2040 g/mol. The molecule has 0 aliphatic carbocycles.